The van der Waals surface area contributed by atoms with Crippen molar-refractivity contribution in [3.63, 3.8) is 0 Å². The van der Waals surface area contributed by atoms with E-state index in [1.165, 1.54) is 25.7 Å². The van der Waals surface area contributed by atoms with Crippen molar-refractivity contribution in [1.29, 1.82) is 0 Å². The quantitative estimate of drug-likeness (QED) is 0.578. The van der Waals surface area contributed by atoms with Gasteiger partial charge in [0.05, 0.1) is 0 Å². The Balaban J connectivity index is 2.19. The van der Waals surface area contributed by atoms with Crippen LogP contribution in [0.3, 0.4) is 0 Å². The lowest BCUT2D eigenvalue weighted by molar-refractivity contribution is 0.347. The van der Waals surface area contributed by atoms with E-state index in [2.05, 4.69) is 29.8 Å². The van der Waals surface area contributed by atoms with Crippen molar-refractivity contribution < 1.29 is 0 Å². The maximum Gasteiger partial charge on any atom is 0.112 e. The van der Waals surface area contributed by atoms with Gasteiger partial charge in [0.25, 0.3) is 0 Å². The van der Waals surface area contributed by atoms with Crippen LogP contribution in [-0.2, 0) is 0 Å². The van der Waals surface area contributed by atoms with E-state index >= 15 is 0 Å². The van der Waals surface area contributed by atoms with E-state index in [0.29, 0.717) is 12.3 Å². The molecule has 3 N–H and O–H groups in total. The minimum absolute atomic E-state index is 0.350. The fourth-order valence-electron chi connectivity index (χ4n) is 1.87. The Kier molecular flexibility index (Phi) is 5.35. The molecule has 1 heterocycles. The van der Waals surface area contributed by atoms with Gasteiger partial charge in [-0.15, -0.1) is 0 Å². The van der Waals surface area contributed by atoms with Crippen molar-refractivity contribution in [2.24, 2.45) is 0 Å². The molecule has 1 saturated heterocycles. The van der Waals surface area contributed by atoms with Gasteiger partial charge in [0.1, 0.15) is 6.29 Å². The molecule has 1 fully saturated rings. The molecule has 1 rings (SSSR count). The molecule has 13 heavy (non-hydrogen) atoms. The van der Waals surface area contributed by atoms with Crippen LogP contribution in [0.15, 0.2) is 0 Å². The molecule has 1 aliphatic heterocycles. The van der Waals surface area contributed by atoms with Crippen LogP contribution < -0.4 is 16.0 Å². The van der Waals surface area contributed by atoms with Crippen LogP contribution in [0.2, 0.25) is 0 Å². The summed E-state index contributed by atoms with van der Waals surface area (Å²) in [6.45, 7) is 6.67. The number of hydrogen-bond acceptors (Lipinski definition) is 3. The SMILES string of the molecule is CCCC(CCC)NC1NCCN1. The van der Waals surface area contributed by atoms with Crippen molar-refractivity contribution in [2.45, 2.75) is 51.9 Å². The van der Waals surface area contributed by atoms with Crippen molar-refractivity contribution in [1.82, 2.24) is 16.0 Å². The highest BCUT2D eigenvalue weighted by Crippen LogP contribution is 2.04. The van der Waals surface area contributed by atoms with Gasteiger partial charge in [-0.2, -0.15) is 0 Å². The Morgan fingerprint density at radius 1 is 1.15 bits per heavy atom. The predicted molar refractivity (Wildman–Crippen MR) is 56.5 cm³/mol. The summed E-state index contributed by atoms with van der Waals surface area (Å²) in [5.41, 5.74) is 0. The smallest absolute Gasteiger partial charge is 0.112 e. The lowest BCUT2D eigenvalue weighted by Crippen LogP contribution is -2.49. The van der Waals surface area contributed by atoms with Crippen molar-refractivity contribution in [2.75, 3.05) is 13.1 Å². The molecule has 0 radical (unpaired) electrons. The second kappa shape index (κ2) is 6.35. The molecule has 3 nitrogen and oxygen atoms in total. The van der Waals surface area contributed by atoms with Gasteiger partial charge in [-0.25, -0.2) is 0 Å². The monoisotopic (exact) mass is 185 g/mol. The van der Waals surface area contributed by atoms with Crippen LogP contribution in [0.1, 0.15) is 39.5 Å². The molecule has 0 bridgehead atoms. The zero-order valence-corrected chi connectivity index (χ0v) is 8.90. The van der Waals surface area contributed by atoms with Gasteiger partial charge in [-0.1, -0.05) is 26.7 Å². The zero-order chi connectivity index (χ0) is 9.52. The van der Waals surface area contributed by atoms with E-state index < -0.39 is 0 Å². The van der Waals surface area contributed by atoms with E-state index in [1.54, 1.807) is 0 Å². The van der Waals surface area contributed by atoms with Crippen molar-refractivity contribution in [3.8, 4) is 0 Å². The van der Waals surface area contributed by atoms with Crippen LogP contribution >= 0.6 is 0 Å². The Hall–Kier alpha value is -0.120. The van der Waals surface area contributed by atoms with Gasteiger partial charge < -0.3 is 0 Å². The molecule has 0 aromatic carbocycles. The van der Waals surface area contributed by atoms with E-state index in [0.717, 1.165) is 13.1 Å². The Morgan fingerprint density at radius 2 is 1.69 bits per heavy atom. The van der Waals surface area contributed by atoms with Crippen molar-refractivity contribution in [3.05, 3.63) is 0 Å². The molecule has 0 amide bonds. The molecular formula is C10H23N3. The summed E-state index contributed by atoms with van der Waals surface area (Å²) in [7, 11) is 0. The lowest BCUT2D eigenvalue weighted by Gasteiger charge is -2.22. The minimum Gasteiger partial charge on any atom is -0.288 e. The van der Waals surface area contributed by atoms with Crippen LogP contribution in [0.5, 0.6) is 0 Å². The standard InChI is InChI=1S/C10H23N3/c1-3-5-9(6-4-2)13-10-11-7-8-12-10/h9-13H,3-8H2,1-2H3. The largest absolute Gasteiger partial charge is 0.288 e. The third-order valence-corrected chi connectivity index (χ3v) is 2.50. The van der Waals surface area contributed by atoms with Gasteiger partial charge >= 0.3 is 0 Å². The van der Waals surface area contributed by atoms with E-state index in [4.69, 9.17) is 0 Å². The Morgan fingerprint density at radius 3 is 2.15 bits per heavy atom. The Labute approximate surface area is 81.7 Å². The summed E-state index contributed by atoms with van der Waals surface area (Å²) >= 11 is 0. The minimum atomic E-state index is 0.350. The van der Waals surface area contributed by atoms with Crippen LogP contribution in [0, 0.1) is 0 Å². The summed E-state index contributed by atoms with van der Waals surface area (Å²) in [6, 6.07) is 0.679. The molecule has 0 atom stereocenters. The third kappa shape index (κ3) is 4.07. The Bertz CT molecular complexity index is 115. The average molecular weight is 185 g/mol. The van der Waals surface area contributed by atoms with Gasteiger partial charge in [0.2, 0.25) is 0 Å². The molecule has 0 aromatic heterocycles. The second-order valence-electron chi connectivity index (χ2n) is 3.78. The van der Waals surface area contributed by atoms with Gasteiger partial charge in [0.15, 0.2) is 0 Å². The normalized spacial score (nSPS) is 18.7. The first-order chi connectivity index (χ1) is 6.36. The summed E-state index contributed by atoms with van der Waals surface area (Å²) < 4.78 is 0. The average Bonchev–Trinajstić information content (AvgIpc) is 2.58. The molecule has 0 unspecified atom stereocenters. The third-order valence-electron chi connectivity index (χ3n) is 2.50. The summed E-state index contributed by atoms with van der Waals surface area (Å²) in [5, 5.41) is 10.4. The molecule has 0 spiro atoms. The maximum absolute atomic E-state index is 3.60. The van der Waals surface area contributed by atoms with Gasteiger partial charge in [-0.3, -0.25) is 16.0 Å². The highest BCUT2D eigenvalue weighted by Gasteiger charge is 2.16. The van der Waals surface area contributed by atoms with Gasteiger partial charge in [-0.05, 0) is 12.8 Å². The fraction of sp³-hybridized carbons (Fsp3) is 1.00. The van der Waals surface area contributed by atoms with E-state index in [1.807, 2.05) is 0 Å². The first kappa shape index (κ1) is 11.0. The van der Waals surface area contributed by atoms with E-state index in [-0.39, 0.29) is 0 Å². The predicted octanol–water partition coefficient (Wildman–Crippen LogP) is 1.02. The number of rotatable bonds is 6. The topological polar surface area (TPSA) is 36.1 Å². The van der Waals surface area contributed by atoms with Crippen LogP contribution in [0.25, 0.3) is 0 Å². The highest BCUT2D eigenvalue weighted by molar-refractivity contribution is 4.75. The molecule has 3 heteroatoms. The van der Waals surface area contributed by atoms with Crippen molar-refractivity contribution >= 4 is 0 Å². The molecule has 78 valence electrons. The van der Waals surface area contributed by atoms with E-state index in [9.17, 15) is 0 Å². The van der Waals surface area contributed by atoms with Crippen LogP contribution in [0.4, 0.5) is 0 Å². The highest BCUT2D eigenvalue weighted by atomic mass is 15.3. The summed E-state index contributed by atoms with van der Waals surface area (Å²) in [4.78, 5) is 0. The summed E-state index contributed by atoms with van der Waals surface area (Å²) in [6.07, 6.45) is 5.46. The molecular weight excluding hydrogens is 162 g/mol. The second-order valence-corrected chi connectivity index (χ2v) is 3.78. The molecule has 0 saturated carbocycles. The first-order valence-electron chi connectivity index (χ1n) is 5.59. The number of hydrogen-bond donors (Lipinski definition) is 3. The number of nitrogens with one attached hydrogen (secondary N) is 3. The molecule has 0 aliphatic carbocycles. The van der Waals surface area contributed by atoms with Crippen LogP contribution in [-0.4, -0.2) is 25.4 Å². The molecule has 1 aliphatic rings. The first-order valence-corrected chi connectivity index (χ1v) is 5.59. The van der Waals surface area contributed by atoms with Gasteiger partial charge in [0, 0.05) is 19.1 Å². The fourth-order valence-corrected chi connectivity index (χ4v) is 1.87. The molecule has 0 aromatic rings. The maximum atomic E-state index is 3.60. The zero-order valence-electron chi connectivity index (χ0n) is 8.90. The summed E-state index contributed by atoms with van der Waals surface area (Å²) in [5.74, 6) is 0. The lowest BCUT2D eigenvalue weighted by atomic mass is 10.1.